The fourth-order valence-corrected chi connectivity index (χ4v) is 3.42. The van der Waals surface area contributed by atoms with Gasteiger partial charge in [-0.3, -0.25) is 4.98 Å². The molecule has 3 nitrogen and oxygen atoms in total. The molecule has 1 N–H and O–H groups in total. The maximum absolute atomic E-state index is 6.18. The van der Waals surface area contributed by atoms with E-state index in [0.717, 1.165) is 29.5 Å². The van der Waals surface area contributed by atoms with Gasteiger partial charge in [-0.25, -0.2) is 0 Å². The molecule has 1 aromatic carbocycles. The average molecular weight is 254 g/mol. The van der Waals surface area contributed by atoms with Crippen LogP contribution >= 0.6 is 0 Å². The molecule has 0 saturated carbocycles. The van der Waals surface area contributed by atoms with Crippen molar-refractivity contribution in [1.82, 2.24) is 10.3 Å². The fourth-order valence-electron chi connectivity index (χ4n) is 3.42. The molecule has 0 amide bonds. The first-order valence-electron chi connectivity index (χ1n) is 7.14. The Balaban J connectivity index is 1.54. The van der Waals surface area contributed by atoms with Gasteiger partial charge in [0.05, 0.1) is 5.52 Å². The van der Waals surface area contributed by atoms with Crippen molar-refractivity contribution in [1.29, 1.82) is 0 Å². The molecule has 2 aliphatic heterocycles. The van der Waals surface area contributed by atoms with Gasteiger partial charge in [0.1, 0.15) is 11.9 Å². The summed E-state index contributed by atoms with van der Waals surface area (Å²) >= 11 is 0. The van der Waals surface area contributed by atoms with Crippen LogP contribution in [0.25, 0.3) is 10.9 Å². The Morgan fingerprint density at radius 3 is 2.79 bits per heavy atom. The van der Waals surface area contributed by atoms with Crippen molar-refractivity contribution in [2.45, 2.75) is 43.9 Å². The van der Waals surface area contributed by atoms with Gasteiger partial charge in [-0.2, -0.15) is 0 Å². The number of aromatic nitrogens is 1. The zero-order valence-electron chi connectivity index (χ0n) is 10.9. The standard InChI is InChI=1S/C16H18N2O/c1-2-11-8-14(5-6-16(11)17-7-1)19-15-9-12-3-4-13(10-15)18-12/h1-2,5-8,12-13,15,18H,3-4,9-10H2. The molecular weight excluding hydrogens is 236 g/mol. The minimum atomic E-state index is 0.368. The van der Waals surface area contributed by atoms with Gasteiger partial charge in [-0.1, -0.05) is 6.07 Å². The van der Waals surface area contributed by atoms with E-state index in [-0.39, 0.29) is 0 Å². The minimum absolute atomic E-state index is 0.368. The molecule has 2 atom stereocenters. The summed E-state index contributed by atoms with van der Waals surface area (Å²) in [7, 11) is 0. The lowest BCUT2D eigenvalue weighted by Gasteiger charge is -2.29. The summed E-state index contributed by atoms with van der Waals surface area (Å²) in [4.78, 5) is 4.34. The lowest BCUT2D eigenvalue weighted by molar-refractivity contribution is 0.137. The molecule has 2 fully saturated rings. The Bertz CT molecular complexity index is 586. The van der Waals surface area contributed by atoms with Crippen LogP contribution in [0.15, 0.2) is 36.5 Å². The summed E-state index contributed by atoms with van der Waals surface area (Å²) in [5.41, 5.74) is 1.03. The van der Waals surface area contributed by atoms with Gasteiger partial charge in [0.2, 0.25) is 0 Å². The maximum Gasteiger partial charge on any atom is 0.120 e. The zero-order valence-corrected chi connectivity index (χ0v) is 10.9. The summed E-state index contributed by atoms with van der Waals surface area (Å²) in [6, 6.07) is 11.6. The number of benzene rings is 1. The summed E-state index contributed by atoms with van der Waals surface area (Å²) in [6.45, 7) is 0. The van der Waals surface area contributed by atoms with E-state index >= 15 is 0 Å². The van der Waals surface area contributed by atoms with Gasteiger partial charge >= 0.3 is 0 Å². The highest BCUT2D eigenvalue weighted by Gasteiger charge is 2.34. The van der Waals surface area contributed by atoms with E-state index in [9.17, 15) is 0 Å². The van der Waals surface area contributed by atoms with Gasteiger partial charge in [0.25, 0.3) is 0 Å². The van der Waals surface area contributed by atoms with E-state index in [0.29, 0.717) is 18.2 Å². The predicted octanol–water partition coefficient (Wildman–Crippen LogP) is 2.90. The first-order chi connectivity index (χ1) is 9.37. The van der Waals surface area contributed by atoms with Crippen molar-refractivity contribution in [3.8, 4) is 5.75 Å². The van der Waals surface area contributed by atoms with E-state index in [2.05, 4.69) is 22.4 Å². The lowest BCUT2D eigenvalue weighted by Crippen LogP contribution is -2.42. The normalized spacial score (nSPS) is 29.6. The Labute approximate surface area is 113 Å². The van der Waals surface area contributed by atoms with E-state index in [1.807, 2.05) is 24.4 Å². The number of ether oxygens (including phenoxy) is 1. The summed E-state index contributed by atoms with van der Waals surface area (Å²) in [6.07, 6.45) is 7.10. The van der Waals surface area contributed by atoms with Crippen molar-refractivity contribution in [3.05, 3.63) is 36.5 Å². The Kier molecular flexibility index (Phi) is 2.66. The quantitative estimate of drug-likeness (QED) is 0.894. The predicted molar refractivity (Wildman–Crippen MR) is 75.3 cm³/mol. The molecule has 0 spiro atoms. The second-order valence-corrected chi connectivity index (χ2v) is 5.71. The molecule has 2 bridgehead atoms. The van der Waals surface area contributed by atoms with Crippen LogP contribution in [-0.2, 0) is 0 Å². The van der Waals surface area contributed by atoms with Crippen molar-refractivity contribution in [3.63, 3.8) is 0 Å². The molecule has 98 valence electrons. The molecule has 4 rings (SSSR count). The van der Waals surface area contributed by atoms with Crippen molar-refractivity contribution < 1.29 is 4.74 Å². The van der Waals surface area contributed by atoms with Crippen LogP contribution in [0, 0.1) is 0 Å². The van der Waals surface area contributed by atoms with Crippen molar-refractivity contribution >= 4 is 10.9 Å². The molecule has 2 unspecified atom stereocenters. The highest BCUT2D eigenvalue weighted by Crippen LogP contribution is 2.30. The van der Waals surface area contributed by atoms with Crippen LogP contribution in [0.3, 0.4) is 0 Å². The number of hydrogen-bond donors (Lipinski definition) is 1. The third-order valence-corrected chi connectivity index (χ3v) is 4.31. The van der Waals surface area contributed by atoms with Gasteiger partial charge in [0.15, 0.2) is 0 Å². The highest BCUT2D eigenvalue weighted by molar-refractivity contribution is 5.79. The largest absolute Gasteiger partial charge is 0.490 e. The summed E-state index contributed by atoms with van der Waals surface area (Å²) in [5.74, 6) is 0.979. The molecule has 1 aromatic heterocycles. The number of hydrogen-bond acceptors (Lipinski definition) is 3. The van der Waals surface area contributed by atoms with E-state index < -0.39 is 0 Å². The van der Waals surface area contributed by atoms with Crippen LogP contribution in [0.2, 0.25) is 0 Å². The molecule has 19 heavy (non-hydrogen) atoms. The van der Waals surface area contributed by atoms with Crippen LogP contribution in [-0.4, -0.2) is 23.2 Å². The highest BCUT2D eigenvalue weighted by atomic mass is 16.5. The Morgan fingerprint density at radius 2 is 1.95 bits per heavy atom. The molecule has 2 aromatic rings. The molecular formula is C16H18N2O. The second-order valence-electron chi connectivity index (χ2n) is 5.71. The molecule has 2 saturated heterocycles. The molecule has 3 heteroatoms. The molecule has 0 aliphatic carbocycles. The summed E-state index contributed by atoms with van der Waals surface area (Å²) in [5, 5.41) is 4.80. The number of nitrogens with zero attached hydrogens (tertiary/aromatic N) is 1. The second kappa shape index (κ2) is 4.49. The third-order valence-electron chi connectivity index (χ3n) is 4.31. The first-order valence-corrected chi connectivity index (χ1v) is 7.14. The number of fused-ring (bicyclic) bond motifs is 3. The average Bonchev–Trinajstić information content (AvgIpc) is 2.78. The molecule has 2 aliphatic rings. The van der Waals surface area contributed by atoms with Crippen LogP contribution in [0.5, 0.6) is 5.75 Å². The first kappa shape index (κ1) is 11.2. The maximum atomic E-state index is 6.18. The summed E-state index contributed by atoms with van der Waals surface area (Å²) < 4.78 is 6.18. The van der Waals surface area contributed by atoms with E-state index in [1.54, 1.807) is 0 Å². The van der Waals surface area contributed by atoms with Gasteiger partial charge in [-0.15, -0.1) is 0 Å². The minimum Gasteiger partial charge on any atom is -0.490 e. The fraction of sp³-hybridized carbons (Fsp3) is 0.438. The topological polar surface area (TPSA) is 34.1 Å². The Hall–Kier alpha value is -1.61. The van der Waals surface area contributed by atoms with Crippen LogP contribution < -0.4 is 10.1 Å². The smallest absolute Gasteiger partial charge is 0.120 e. The van der Waals surface area contributed by atoms with Crippen LogP contribution in [0.1, 0.15) is 25.7 Å². The van der Waals surface area contributed by atoms with E-state index in [1.165, 1.54) is 12.8 Å². The Morgan fingerprint density at radius 1 is 1.11 bits per heavy atom. The van der Waals surface area contributed by atoms with Crippen molar-refractivity contribution in [2.24, 2.45) is 0 Å². The monoisotopic (exact) mass is 254 g/mol. The molecule has 0 radical (unpaired) electrons. The van der Waals surface area contributed by atoms with Gasteiger partial charge in [-0.05, 0) is 49.9 Å². The van der Waals surface area contributed by atoms with Crippen LogP contribution in [0.4, 0.5) is 0 Å². The number of pyridine rings is 1. The SMILES string of the molecule is c1cnc2ccc(OC3CC4CCC(C3)N4)cc2c1. The van der Waals surface area contributed by atoms with Gasteiger partial charge < -0.3 is 10.1 Å². The third kappa shape index (κ3) is 2.19. The number of nitrogens with one attached hydrogen (secondary N) is 1. The lowest BCUT2D eigenvalue weighted by atomic mass is 10.0. The van der Waals surface area contributed by atoms with Gasteiger partial charge in [0, 0.05) is 23.7 Å². The zero-order chi connectivity index (χ0) is 12.7. The van der Waals surface area contributed by atoms with Crippen molar-refractivity contribution in [2.75, 3.05) is 0 Å². The molecule has 3 heterocycles. The number of piperidine rings is 1. The van der Waals surface area contributed by atoms with E-state index in [4.69, 9.17) is 4.74 Å². The number of rotatable bonds is 2.